The molecule has 5 rings (SSSR count). The van der Waals surface area contributed by atoms with Crippen LogP contribution in [0.15, 0.2) is 18.3 Å². The lowest BCUT2D eigenvalue weighted by Crippen LogP contribution is -2.52. The first kappa shape index (κ1) is 23.7. The van der Waals surface area contributed by atoms with E-state index in [-0.39, 0.29) is 40.4 Å². The van der Waals surface area contributed by atoms with E-state index in [9.17, 15) is 14.0 Å². The summed E-state index contributed by atoms with van der Waals surface area (Å²) in [6.07, 6.45) is 5.36. The van der Waals surface area contributed by atoms with Gasteiger partial charge in [-0.15, -0.1) is 0 Å². The van der Waals surface area contributed by atoms with E-state index in [4.69, 9.17) is 10.5 Å². The minimum atomic E-state index is -0.537. The molecule has 3 fully saturated rings. The highest BCUT2D eigenvalue weighted by Gasteiger charge is 2.64. The molecule has 1 spiro atoms. The average Bonchev–Trinajstić information content (AvgIpc) is 3.32. The number of hydrogen-bond donors (Lipinski definition) is 2. The molecule has 2 saturated heterocycles. The molecule has 1 saturated carbocycles. The maximum absolute atomic E-state index is 14.4. The van der Waals surface area contributed by atoms with Crippen LogP contribution in [0.2, 0.25) is 0 Å². The first-order chi connectivity index (χ1) is 16.7. The number of pyridine rings is 1. The molecule has 1 aliphatic carbocycles. The van der Waals surface area contributed by atoms with Crippen LogP contribution in [-0.2, 0) is 4.79 Å². The van der Waals surface area contributed by atoms with Crippen molar-refractivity contribution in [2.45, 2.75) is 50.6 Å². The molecule has 188 valence electrons. The van der Waals surface area contributed by atoms with Gasteiger partial charge in [0, 0.05) is 42.2 Å². The van der Waals surface area contributed by atoms with Gasteiger partial charge in [0.15, 0.2) is 11.5 Å². The van der Waals surface area contributed by atoms with E-state index >= 15 is 0 Å². The Bertz CT molecular complexity index is 1140. The van der Waals surface area contributed by atoms with Gasteiger partial charge in [-0.25, -0.2) is 9.37 Å². The molecular weight excluding hydrogens is 451 g/mol. The number of aromatic amines is 1. The van der Waals surface area contributed by atoms with Crippen molar-refractivity contribution in [3.63, 3.8) is 0 Å². The number of methoxy groups -OCH3 is 1. The Hall–Kier alpha value is -3.01. The molecule has 10 heteroatoms. The van der Waals surface area contributed by atoms with Gasteiger partial charge in [0.2, 0.25) is 11.8 Å². The van der Waals surface area contributed by atoms with E-state index in [1.807, 2.05) is 4.90 Å². The fourth-order valence-electron chi connectivity index (χ4n) is 6.26. The number of hydrogen-bond acceptors (Lipinski definition) is 6. The molecule has 0 radical (unpaired) electrons. The molecule has 2 aromatic heterocycles. The van der Waals surface area contributed by atoms with E-state index in [1.54, 1.807) is 6.07 Å². The molecule has 3 N–H and O–H groups in total. The van der Waals surface area contributed by atoms with Crippen molar-refractivity contribution in [3.8, 4) is 17.1 Å². The Kier molecular flexibility index (Phi) is 6.03. The summed E-state index contributed by atoms with van der Waals surface area (Å²) in [4.78, 5) is 34.0. The highest BCUT2D eigenvalue weighted by atomic mass is 19.1. The number of H-pyrrole nitrogens is 1. The normalized spacial score (nSPS) is 30.9. The maximum atomic E-state index is 14.4. The highest BCUT2D eigenvalue weighted by molar-refractivity contribution is 5.94. The molecule has 2 aromatic rings. The van der Waals surface area contributed by atoms with Crippen LogP contribution in [-0.4, -0.2) is 75.6 Å². The molecular formula is C25H33FN6O3. The fraction of sp³-hybridized carbons (Fsp3) is 0.600. The van der Waals surface area contributed by atoms with Gasteiger partial charge in [0.25, 0.3) is 5.91 Å². The number of nitrogens with zero attached hydrogens (tertiary/aromatic N) is 4. The summed E-state index contributed by atoms with van der Waals surface area (Å²) in [5, 5.41) is 7.02. The minimum Gasteiger partial charge on any atom is -0.481 e. The second-order valence-corrected chi connectivity index (χ2v) is 10.5. The van der Waals surface area contributed by atoms with Crippen LogP contribution in [0, 0.1) is 23.6 Å². The van der Waals surface area contributed by atoms with Crippen LogP contribution in [0.1, 0.15) is 49.5 Å². The van der Waals surface area contributed by atoms with Crippen molar-refractivity contribution >= 4 is 11.8 Å². The number of nitrogens with one attached hydrogen (secondary N) is 1. The highest BCUT2D eigenvalue weighted by Crippen LogP contribution is 2.60. The molecule has 0 bridgehead atoms. The molecule has 0 aromatic carbocycles. The Balaban J connectivity index is 1.40. The molecule has 3 aliphatic rings. The third-order valence-electron chi connectivity index (χ3n) is 8.52. The second-order valence-electron chi connectivity index (χ2n) is 10.5. The van der Waals surface area contributed by atoms with Gasteiger partial charge in [-0.3, -0.25) is 14.7 Å². The van der Waals surface area contributed by atoms with Crippen LogP contribution in [0.5, 0.6) is 5.88 Å². The number of carbonyl (C=O) groups is 2. The first-order valence-electron chi connectivity index (χ1n) is 12.3. The van der Waals surface area contributed by atoms with Crippen molar-refractivity contribution < 1.29 is 18.7 Å². The topological polar surface area (TPSA) is 117 Å². The molecule has 2 aliphatic heterocycles. The average molecular weight is 485 g/mol. The van der Waals surface area contributed by atoms with Gasteiger partial charge in [0.1, 0.15) is 0 Å². The SMILES string of the molecule is COc1cc(-c2cc(C(=O)N3CCC(C(N)=O)CC34CC4[C@H]3CC[C@@H](C)N(C)C3)n[nH]2)c(F)cn1. The van der Waals surface area contributed by atoms with Crippen LogP contribution in [0.25, 0.3) is 11.3 Å². The minimum absolute atomic E-state index is 0.197. The van der Waals surface area contributed by atoms with Gasteiger partial charge in [-0.05, 0) is 64.0 Å². The Morgan fingerprint density at radius 2 is 2.06 bits per heavy atom. The van der Waals surface area contributed by atoms with Crippen LogP contribution >= 0.6 is 0 Å². The summed E-state index contributed by atoms with van der Waals surface area (Å²) in [5.74, 6) is -0.167. The van der Waals surface area contributed by atoms with Crippen molar-refractivity contribution in [1.29, 1.82) is 0 Å². The number of halogens is 1. The number of likely N-dealkylation sites (tertiary alicyclic amines) is 2. The smallest absolute Gasteiger partial charge is 0.274 e. The van der Waals surface area contributed by atoms with E-state index in [0.29, 0.717) is 43.0 Å². The monoisotopic (exact) mass is 484 g/mol. The quantitative estimate of drug-likeness (QED) is 0.673. The van der Waals surface area contributed by atoms with Gasteiger partial charge in [0.05, 0.1) is 19.0 Å². The zero-order valence-electron chi connectivity index (χ0n) is 20.5. The summed E-state index contributed by atoms with van der Waals surface area (Å²) < 4.78 is 19.5. The standard InChI is InChI=1S/C25H33FN6O3/c1-14-4-5-16(13-31(14)2)18-11-25(18)10-15(23(27)33)6-7-32(25)24(34)21-9-20(29-30-21)17-8-22(35-3)28-12-19(17)26/h8-9,12,14-16,18H,4-7,10-11,13H2,1-3H3,(H2,27,33)(H,29,30)/t14-,15?,16+,18?,25?/m1/s1. The number of primary amides is 1. The van der Waals surface area contributed by atoms with Crippen LogP contribution < -0.4 is 10.5 Å². The number of amides is 2. The van der Waals surface area contributed by atoms with Gasteiger partial charge < -0.3 is 20.3 Å². The summed E-state index contributed by atoms with van der Waals surface area (Å²) in [6.45, 7) is 3.70. The number of piperidine rings is 2. The van der Waals surface area contributed by atoms with E-state index in [1.165, 1.54) is 13.2 Å². The maximum Gasteiger partial charge on any atom is 0.274 e. The molecule has 9 nitrogen and oxygen atoms in total. The number of aromatic nitrogens is 3. The van der Waals surface area contributed by atoms with Crippen molar-refractivity contribution in [2.75, 3.05) is 27.2 Å². The van der Waals surface area contributed by atoms with E-state index < -0.39 is 5.82 Å². The Morgan fingerprint density at radius 1 is 1.26 bits per heavy atom. The van der Waals surface area contributed by atoms with Crippen LogP contribution in [0.3, 0.4) is 0 Å². The predicted octanol–water partition coefficient (Wildman–Crippen LogP) is 2.45. The molecule has 4 heterocycles. The Labute approximate surface area is 204 Å². The summed E-state index contributed by atoms with van der Waals surface area (Å²) in [7, 11) is 3.61. The predicted molar refractivity (Wildman–Crippen MR) is 127 cm³/mol. The second kappa shape index (κ2) is 8.89. The van der Waals surface area contributed by atoms with E-state index in [2.05, 4.69) is 34.1 Å². The lowest BCUT2D eigenvalue weighted by atomic mass is 9.82. The van der Waals surface area contributed by atoms with E-state index in [0.717, 1.165) is 32.0 Å². The fourth-order valence-corrected chi connectivity index (χ4v) is 6.26. The van der Waals surface area contributed by atoms with Crippen molar-refractivity contribution in [1.82, 2.24) is 25.0 Å². The van der Waals surface area contributed by atoms with Gasteiger partial charge >= 0.3 is 0 Å². The summed E-state index contributed by atoms with van der Waals surface area (Å²) in [6, 6.07) is 3.59. The third-order valence-corrected chi connectivity index (χ3v) is 8.52. The first-order valence-corrected chi connectivity index (χ1v) is 12.3. The van der Waals surface area contributed by atoms with Crippen molar-refractivity contribution in [3.05, 3.63) is 29.8 Å². The van der Waals surface area contributed by atoms with Gasteiger partial charge in [-0.1, -0.05) is 0 Å². The number of carbonyl (C=O) groups excluding carboxylic acids is 2. The molecule has 2 amide bonds. The summed E-state index contributed by atoms with van der Waals surface area (Å²) >= 11 is 0. The Morgan fingerprint density at radius 3 is 2.77 bits per heavy atom. The molecule has 5 atom stereocenters. The van der Waals surface area contributed by atoms with Crippen molar-refractivity contribution in [2.24, 2.45) is 23.5 Å². The molecule has 35 heavy (non-hydrogen) atoms. The van der Waals surface area contributed by atoms with Crippen LogP contribution in [0.4, 0.5) is 4.39 Å². The third kappa shape index (κ3) is 4.17. The zero-order chi connectivity index (χ0) is 24.9. The number of rotatable bonds is 5. The lowest BCUT2D eigenvalue weighted by Gasteiger charge is -2.42. The van der Waals surface area contributed by atoms with Gasteiger partial charge in [-0.2, -0.15) is 5.10 Å². The largest absolute Gasteiger partial charge is 0.481 e. The summed E-state index contributed by atoms with van der Waals surface area (Å²) in [5.41, 5.74) is 6.17. The zero-order valence-corrected chi connectivity index (χ0v) is 20.5. The lowest BCUT2D eigenvalue weighted by molar-refractivity contribution is -0.124. The number of nitrogens with two attached hydrogens (primary N) is 1. The molecule has 3 unspecified atom stereocenters. The number of ether oxygens (including phenoxy) is 1.